The van der Waals surface area contributed by atoms with Crippen molar-refractivity contribution < 1.29 is 9.53 Å². The van der Waals surface area contributed by atoms with E-state index >= 15 is 0 Å². The molecule has 0 radical (unpaired) electrons. The first-order valence-corrected chi connectivity index (χ1v) is 11.4. The van der Waals surface area contributed by atoms with Gasteiger partial charge in [0.25, 0.3) is 0 Å². The predicted octanol–water partition coefficient (Wildman–Crippen LogP) is 1.09. The molecular formula is C20H25N3O2Si. The smallest absolute Gasteiger partial charge is 0.223 e. The maximum Gasteiger partial charge on any atom is 0.223 e. The van der Waals surface area contributed by atoms with Crippen LogP contribution in [0.2, 0.25) is 11.6 Å². The van der Waals surface area contributed by atoms with Crippen molar-refractivity contribution in [3.05, 3.63) is 54.4 Å². The molecule has 2 saturated heterocycles. The number of ether oxygens (including phenoxy) is 1. The summed E-state index contributed by atoms with van der Waals surface area (Å²) in [6, 6.07) is 13.7. The summed E-state index contributed by atoms with van der Waals surface area (Å²) in [6.07, 6.45) is 3.44. The molecule has 0 saturated carbocycles. The highest BCUT2D eigenvalue weighted by Gasteiger charge is 2.48. The van der Waals surface area contributed by atoms with Crippen LogP contribution in [0.15, 0.2) is 48.8 Å². The van der Waals surface area contributed by atoms with Crippen LogP contribution < -0.4 is 15.2 Å². The van der Waals surface area contributed by atoms with Crippen molar-refractivity contribution in [2.24, 2.45) is 0 Å². The molecule has 1 aromatic heterocycles. The third kappa shape index (κ3) is 3.81. The van der Waals surface area contributed by atoms with Gasteiger partial charge in [-0.15, -0.1) is 0 Å². The third-order valence-electron chi connectivity index (χ3n) is 5.29. The number of hydrogen-bond donors (Lipinski definition) is 1. The van der Waals surface area contributed by atoms with Gasteiger partial charge in [0.15, 0.2) is 0 Å². The van der Waals surface area contributed by atoms with Crippen LogP contribution in [0.3, 0.4) is 0 Å². The molecule has 1 amide bonds. The number of rotatable bonds is 5. The van der Waals surface area contributed by atoms with Crippen molar-refractivity contribution in [3.8, 4) is 5.75 Å². The fraction of sp³-hybridized carbons (Fsp3) is 0.400. The second kappa shape index (κ2) is 7.59. The molecule has 3 atom stereocenters. The van der Waals surface area contributed by atoms with Crippen molar-refractivity contribution in [2.75, 3.05) is 26.2 Å². The van der Waals surface area contributed by atoms with Gasteiger partial charge in [0.1, 0.15) is 12.4 Å². The Morgan fingerprint density at radius 3 is 3.12 bits per heavy atom. The molecule has 6 heteroatoms. The average molecular weight is 368 g/mol. The molecule has 136 valence electrons. The summed E-state index contributed by atoms with van der Waals surface area (Å²) >= 11 is 0. The Balaban J connectivity index is 1.39. The minimum Gasteiger partial charge on any atom is -0.490 e. The van der Waals surface area contributed by atoms with Gasteiger partial charge in [0.05, 0.1) is 21.0 Å². The second-order valence-corrected chi connectivity index (χ2v) is 10.4. The summed E-state index contributed by atoms with van der Waals surface area (Å²) in [4.78, 5) is 19.2. The molecule has 0 spiro atoms. The van der Waals surface area contributed by atoms with Gasteiger partial charge in [0.2, 0.25) is 5.91 Å². The van der Waals surface area contributed by atoms with Gasteiger partial charge in [-0.25, -0.2) is 0 Å². The number of benzene rings is 1. The zero-order valence-corrected chi connectivity index (χ0v) is 16.3. The van der Waals surface area contributed by atoms with Gasteiger partial charge in [-0.05, 0) is 25.1 Å². The molecule has 2 fully saturated rings. The monoisotopic (exact) mass is 367 g/mol. The quantitative estimate of drug-likeness (QED) is 0.804. The lowest BCUT2D eigenvalue weighted by Crippen LogP contribution is -2.56. The van der Waals surface area contributed by atoms with Gasteiger partial charge in [-0.1, -0.05) is 35.0 Å². The molecule has 4 rings (SSSR count). The van der Waals surface area contributed by atoms with E-state index in [1.54, 1.807) is 12.4 Å². The number of nitrogens with one attached hydrogen (secondary N) is 1. The van der Waals surface area contributed by atoms with E-state index in [1.807, 2.05) is 12.1 Å². The summed E-state index contributed by atoms with van der Waals surface area (Å²) in [7, 11) is -1.12. The molecular weight excluding hydrogens is 342 g/mol. The zero-order valence-electron chi connectivity index (χ0n) is 15.1. The normalized spacial score (nSPS) is 25.0. The van der Waals surface area contributed by atoms with Gasteiger partial charge < -0.3 is 15.0 Å². The van der Waals surface area contributed by atoms with E-state index in [9.17, 15) is 4.79 Å². The molecule has 0 bridgehead atoms. The van der Waals surface area contributed by atoms with Crippen LogP contribution in [-0.2, 0) is 4.79 Å². The first kappa shape index (κ1) is 17.2. The molecule has 0 aliphatic carbocycles. The number of aromatic nitrogens is 1. The van der Waals surface area contributed by atoms with Crippen LogP contribution >= 0.6 is 0 Å². The summed E-state index contributed by atoms with van der Waals surface area (Å²) in [5.74, 6) is 1.09. The van der Waals surface area contributed by atoms with Crippen LogP contribution in [0.5, 0.6) is 5.75 Å². The van der Waals surface area contributed by atoms with Gasteiger partial charge in [-0.2, -0.15) is 0 Å². The SMILES string of the molecule is Cc1cccc([SiH]2CC2C(=O)N2CCNCC2COc2cccnc2)c1. The average Bonchev–Trinajstić information content (AvgIpc) is 3.48. The van der Waals surface area contributed by atoms with Crippen molar-refractivity contribution in [1.29, 1.82) is 0 Å². The summed E-state index contributed by atoms with van der Waals surface area (Å²) in [5, 5.41) is 4.82. The molecule has 3 unspecified atom stereocenters. The third-order valence-corrected chi connectivity index (χ3v) is 8.37. The molecule has 5 nitrogen and oxygen atoms in total. The fourth-order valence-corrected chi connectivity index (χ4v) is 6.88. The Morgan fingerprint density at radius 1 is 1.38 bits per heavy atom. The molecule has 1 N–H and O–H groups in total. The fourth-order valence-electron chi connectivity index (χ4n) is 3.77. The van der Waals surface area contributed by atoms with Crippen molar-refractivity contribution in [3.63, 3.8) is 0 Å². The van der Waals surface area contributed by atoms with Crippen LogP contribution in [0.25, 0.3) is 0 Å². The van der Waals surface area contributed by atoms with E-state index in [-0.39, 0.29) is 11.6 Å². The number of nitrogens with zero attached hydrogens (tertiary/aromatic N) is 2. The van der Waals surface area contributed by atoms with Crippen molar-refractivity contribution >= 4 is 19.9 Å². The van der Waals surface area contributed by atoms with Crippen LogP contribution in [-0.4, -0.2) is 56.9 Å². The standard InChI is InChI=1S/C20H25N3O2Si/c1-15-4-2-6-18(10-15)26-14-19(26)20(24)23-9-8-22-11-16(23)13-25-17-5-3-7-21-12-17/h2-7,10,12,16,19,22,26H,8-9,11,13-14H2,1H3. The Hall–Kier alpha value is -2.18. The van der Waals surface area contributed by atoms with E-state index < -0.39 is 8.80 Å². The van der Waals surface area contributed by atoms with Crippen molar-refractivity contribution in [1.82, 2.24) is 15.2 Å². The van der Waals surface area contributed by atoms with Crippen LogP contribution in [0, 0.1) is 6.92 Å². The summed E-state index contributed by atoms with van der Waals surface area (Å²) in [6.45, 7) is 5.05. The van der Waals surface area contributed by atoms with Gasteiger partial charge in [0, 0.05) is 31.4 Å². The van der Waals surface area contributed by atoms with E-state index in [0.717, 1.165) is 31.4 Å². The Labute approximate surface area is 156 Å². The van der Waals surface area contributed by atoms with Crippen LogP contribution in [0.1, 0.15) is 5.56 Å². The Bertz CT molecular complexity index is 771. The number of carbonyl (C=O) groups excluding carboxylic acids is 1. The number of piperazine rings is 1. The molecule has 1 aromatic carbocycles. The first-order chi connectivity index (χ1) is 12.7. The number of hydrogen-bond acceptors (Lipinski definition) is 4. The van der Waals surface area contributed by atoms with Crippen LogP contribution in [0.4, 0.5) is 0 Å². The lowest BCUT2D eigenvalue weighted by molar-refractivity contribution is -0.133. The summed E-state index contributed by atoms with van der Waals surface area (Å²) < 4.78 is 5.87. The zero-order chi connectivity index (χ0) is 17.9. The lowest BCUT2D eigenvalue weighted by Gasteiger charge is -2.36. The number of amides is 1. The lowest BCUT2D eigenvalue weighted by atomic mass is 10.2. The first-order valence-electron chi connectivity index (χ1n) is 9.33. The minimum atomic E-state index is -1.12. The maximum atomic E-state index is 13.1. The highest BCUT2D eigenvalue weighted by atomic mass is 28.3. The highest BCUT2D eigenvalue weighted by Crippen LogP contribution is 2.39. The molecule has 2 aliphatic rings. The molecule has 2 aliphatic heterocycles. The topological polar surface area (TPSA) is 54.5 Å². The molecule has 3 heterocycles. The van der Waals surface area contributed by atoms with E-state index in [0.29, 0.717) is 12.5 Å². The predicted molar refractivity (Wildman–Crippen MR) is 105 cm³/mol. The van der Waals surface area contributed by atoms with Crippen molar-refractivity contribution in [2.45, 2.75) is 24.6 Å². The van der Waals surface area contributed by atoms with Gasteiger partial charge in [-0.3, -0.25) is 9.78 Å². The largest absolute Gasteiger partial charge is 0.490 e. The number of pyridine rings is 1. The Morgan fingerprint density at radius 2 is 2.31 bits per heavy atom. The minimum absolute atomic E-state index is 0.0872. The number of aryl methyl sites for hydroxylation is 1. The number of carbonyl (C=O) groups is 1. The second-order valence-electron chi connectivity index (χ2n) is 7.25. The molecule has 2 aromatic rings. The van der Waals surface area contributed by atoms with E-state index in [2.05, 4.69) is 46.4 Å². The molecule has 26 heavy (non-hydrogen) atoms. The highest BCUT2D eigenvalue weighted by molar-refractivity contribution is 6.87. The summed E-state index contributed by atoms with van der Waals surface area (Å²) in [5.41, 5.74) is 1.55. The van der Waals surface area contributed by atoms with Gasteiger partial charge >= 0.3 is 0 Å². The maximum absolute atomic E-state index is 13.1. The van der Waals surface area contributed by atoms with E-state index in [1.165, 1.54) is 10.8 Å². The Kier molecular flexibility index (Phi) is 5.04. The van der Waals surface area contributed by atoms with E-state index in [4.69, 9.17) is 4.74 Å².